The molecule has 0 unspecified atom stereocenters. The summed E-state index contributed by atoms with van der Waals surface area (Å²) in [6.07, 6.45) is 3.47. The second kappa shape index (κ2) is 6.20. The Morgan fingerprint density at radius 1 is 1.40 bits per heavy atom. The molecule has 0 aromatic carbocycles. The second-order valence-electron chi connectivity index (χ2n) is 5.63. The lowest BCUT2D eigenvalue weighted by Crippen LogP contribution is -2.39. The lowest BCUT2D eigenvalue weighted by atomic mass is 10.1. The molecule has 1 saturated carbocycles. The van der Waals surface area contributed by atoms with Crippen LogP contribution in [0.2, 0.25) is 0 Å². The summed E-state index contributed by atoms with van der Waals surface area (Å²) in [4.78, 5) is 4.28. The summed E-state index contributed by atoms with van der Waals surface area (Å²) in [5.41, 5.74) is 3.36. The van der Waals surface area contributed by atoms with E-state index in [9.17, 15) is 8.42 Å². The summed E-state index contributed by atoms with van der Waals surface area (Å²) in [7, 11) is -3.08. The summed E-state index contributed by atoms with van der Waals surface area (Å²) < 4.78 is 26.1. The van der Waals surface area contributed by atoms with E-state index >= 15 is 0 Å². The number of rotatable bonds is 7. The fourth-order valence-corrected chi connectivity index (χ4v) is 3.48. The Labute approximate surface area is 121 Å². The average Bonchev–Trinajstić information content (AvgIpc) is 3.20. The van der Waals surface area contributed by atoms with Gasteiger partial charge in [-0.15, -0.1) is 0 Å². The van der Waals surface area contributed by atoms with Crippen molar-refractivity contribution in [2.45, 2.75) is 51.4 Å². The van der Waals surface area contributed by atoms with E-state index in [2.05, 4.69) is 28.0 Å². The lowest BCUT2D eigenvalue weighted by molar-refractivity contribution is 0.522. The van der Waals surface area contributed by atoms with E-state index in [0.717, 1.165) is 24.1 Å². The maximum Gasteiger partial charge on any atom is 0.214 e. The van der Waals surface area contributed by atoms with Crippen LogP contribution in [0.25, 0.3) is 0 Å². The molecule has 1 aliphatic carbocycles. The first-order chi connectivity index (χ1) is 9.38. The zero-order valence-electron chi connectivity index (χ0n) is 12.3. The third kappa shape index (κ3) is 4.26. The molecule has 0 saturated heterocycles. The van der Waals surface area contributed by atoms with E-state index in [1.54, 1.807) is 0 Å². The number of nitrogens with zero attached hydrogens (tertiary/aromatic N) is 1. The van der Waals surface area contributed by atoms with Crippen LogP contribution in [0, 0.1) is 13.8 Å². The summed E-state index contributed by atoms with van der Waals surface area (Å²) in [5.74, 6) is 0. The summed E-state index contributed by atoms with van der Waals surface area (Å²) in [6.45, 7) is 7.14. The Kier molecular flexibility index (Phi) is 4.78. The van der Waals surface area contributed by atoms with E-state index in [1.165, 1.54) is 5.56 Å². The normalized spacial score (nSPS) is 17.1. The molecule has 20 heavy (non-hydrogen) atoms. The third-order valence-electron chi connectivity index (χ3n) is 3.55. The van der Waals surface area contributed by atoms with Gasteiger partial charge >= 0.3 is 0 Å². The van der Waals surface area contributed by atoms with E-state index in [0.29, 0.717) is 13.1 Å². The minimum Gasteiger partial charge on any atom is -0.309 e. The smallest absolute Gasteiger partial charge is 0.214 e. The van der Waals surface area contributed by atoms with E-state index in [4.69, 9.17) is 0 Å². The number of aryl methyl sites for hydroxylation is 2. The third-order valence-corrected chi connectivity index (χ3v) is 5.47. The topological polar surface area (TPSA) is 71.1 Å². The molecule has 1 aliphatic rings. The van der Waals surface area contributed by atoms with Crippen molar-refractivity contribution >= 4 is 10.0 Å². The maximum absolute atomic E-state index is 11.7. The van der Waals surface area contributed by atoms with Crippen molar-refractivity contribution in [3.8, 4) is 0 Å². The Morgan fingerprint density at radius 2 is 2.10 bits per heavy atom. The van der Waals surface area contributed by atoms with Gasteiger partial charge in [-0.05, 0) is 50.8 Å². The van der Waals surface area contributed by atoms with Gasteiger partial charge in [-0.25, -0.2) is 13.1 Å². The van der Waals surface area contributed by atoms with Crippen LogP contribution < -0.4 is 10.0 Å². The number of hydrogen-bond acceptors (Lipinski definition) is 4. The average molecular weight is 297 g/mol. The van der Waals surface area contributed by atoms with Crippen LogP contribution in [-0.2, 0) is 16.6 Å². The summed E-state index contributed by atoms with van der Waals surface area (Å²) in [6, 6.07) is 2.14. The van der Waals surface area contributed by atoms with Crippen molar-refractivity contribution < 1.29 is 8.42 Å². The quantitative estimate of drug-likeness (QED) is 0.795. The highest BCUT2D eigenvalue weighted by Gasteiger charge is 2.35. The van der Waals surface area contributed by atoms with Crippen LogP contribution in [-0.4, -0.2) is 31.2 Å². The zero-order chi connectivity index (χ0) is 14.8. The molecule has 0 bridgehead atoms. The van der Waals surface area contributed by atoms with E-state index in [-0.39, 0.29) is 11.3 Å². The van der Waals surface area contributed by atoms with Crippen molar-refractivity contribution in [2.24, 2.45) is 0 Å². The Hall–Kier alpha value is -0.980. The summed E-state index contributed by atoms with van der Waals surface area (Å²) >= 11 is 0. The summed E-state index contributed by atoms with van der Waals surface area (Å²) in [5, 5.41) is 3.17. The van der Waals surface area contributed by atoms with Gasteiger partial charge in [0.15, 0.2) is 0 Å². The molecule has 0 aliphatic heterocycles. The molecule has 0 spiro atoms. The van der Waals surface area contributed by atoms with Crippen molar-refractivity contribution in [2.75, 3.05) is 6.54 Å². The number of pyridine rings is 1. The SMILES string of the molecule is Cc1cc(C)c(CN[C@@H](C)CNS(=O)(=O)C2CC2)cn1. The van der Waals surface area contributed by atoms with Gasteiger partial charge in [-0.2, -0.15) is 0 Å². The molecule has 1 aromatic rings. The Morgan fingerprint density at radius 3 is 2.70 bits per heavy atom. The second-order valence-corrected chi connectivity index (χ2v) is 7.67. The number of sulfonamides is 1. The molecule has 5 nitrogen and oxygen atoms in total. The molecule has 112 valence electrons. The van der Waals surface area contributed by atoms with Crippen LogP contribution in [0.4, 0.5) is 0 Å². The number of aromatic nitrogens is 1. The van der Waals surface area contributed by atoms with E-state index in [1.807, 2.05) is 20.0 Å². The highest BCUT2D eigenvalue weighted by atomic mass is 32.2. The molecule has 1 fully saturated rings. The van der Waals surface area contributed by atoms with Gasteiger partial charge in [0.05, 0.1) is 5.25 Å². The molecule has 6 heteroatoms. The van der Waals surface area contributed by atoms with Crippen molar-refractivity contribution in [3.05, 3.63) is 29.1 Å². The van der Waals surface area contributed by atoms with Crippen molar-refractivity contribution in [1.82, 2.24) is 15.0 Å². The van der Waals surface area contributed by atoms with Gasteiger partial charge in [0.1, 0.15) is 0 Å². The maximum atomic E-state index is 11.7. The lowest BCUT2D eigenvalue weighted by Gasteiger charge is -2.15. The van der Waals surface area contributed by atoms with Gasteiger partial charge in [-0.1, -0.05) is 0 Å². The number of nitrogens with one attached hydrogen (secondary N) is 2. The first-order valence-electron chi connectivity index (χ1n) is 7.02. The molecule has 1 heterocycles. The monoisotopic (exact) mass is 297 g/mol. The predicted molar refractivity (Wildman–Crippen MR) is 80.0 cm³/mol. The van der Waals surface area contributed by atoms with Crippen LogP contribution in [0.1, 0.15) is 36.6 Å². The predicted octanol–water partition coefficient (Wildman–Crippen LogP) is 1.26. The van der Waals surface area contributed by atoms with Gasteiger partial charge in [-0.3, -0.25) is 4.98 Å². The van der Waals surface area contributed by atoms with Crippen molar-refractivity contribution in [3.63, 3.8) is 0 Å². The zero-order valence-corrected chi connectivity index (χ0v) is 13.1. The molecule has 0 amide bonds. The minimum absolute atomic E-state index is 0.0872. The van der Waals surface area contributed by atoms with Gasteiger partial charge < -0.3 is 5.32 Å². The molecule has 2 rings (SSSR count). The molecular weight excluding hydrogens is 274 g/mol. The molecule has 2 N–H and O–H groups in total. The minimum atomic E-state index is -3.08. The fourth-order valence-electron chi connectivity index (χ4n) is 2.00. The van der Waals surface area contributed by atoms with Gasteiger partial charge in [0.25, 0.3) is 0 Å². The van der Waals surface area contributed by atoms with Crippen LogP contribution in [0.5, 0.6) is 0 Å². The standard InChI is InChI=1S/C14H23N3O2S/c1-10-6-11(2)15-8-13(10)9-16-12(3)7-17-20(18,19)14-4-5-14/h6,8,12,14,16-17H,4-5,7,9H2,1-3H3/t12-/m0/s1. The molecular formula is C14H23N3O2S. The van der Waals surface area contributed by atoms with Gasteiger partial charge in [0.2, 0.25) is 10.0 Å². The Bertz CT molecular complexity index is 568. The Balaban J connectivity index is 1.78. The number of hydrogen-bond donors (Lipinski definition) is 2. The van der Waals surface area contributed by atoms with Crippen LogP contribution in [0.3, 0.4) is 0 Å². The first-order valence-corrected chi connectivity index (χ1v) is 8.57. The van der Waals surface area contributed by atoms with E-state index < -0.39 is 10.0 Å². The molecule has 1 atom stereocenters. The first kappa shape index (κ1) is 15.4. The largest absolute Gasteiger partial charge is 0.309 e. The fraction of sp³-hybridized carbons (Fsp3) is 0.643. The van der Waals surface area contributed by atoms with Gasteiger partial charge in [0, 0.05) is 31.0 Å². The highest BCUT2D eigenvalue weighted by molar-refractivity contribution is 7.90. The van der Waals surface area contributed by atoms with Crippen LogP contribution >= 0.6 is 0 Å². The van der Waals surface area contributed by atoms with Crippen molar-refractivity contribution in [1.29, 1.82) is 0 Å². The highest BCUT2D eigenvalue weighted by Crippen LogP contribution is 2.27. The molecule has 0 radical (unpaired) electrons. The molecule has 1 aromatic heterocycles. The van der Waals surface area contributed by atoms with Crippen LogP contribution in [0.15, 0.2) is 12.3 Å².